The van der Waals surface area contributed by atoms with Crippen LogP contribution in [-0.2, 0) is 0 Å². The second-order valence-corrected chi connectivity index (χ2v) is 6.63. The number of nitrogens with zero attached hydrogens (tertiary/aromatic N) is 2. The van der Waals surface area contributed by atoms with Crippen molar-refractivity contribution in [3.63, 3.8) is 0 Å². The first-order valence-electron chi connectivity index (χ1n) is 9.72. The molecule has 6 heteroatoms. The molecule has 0 aliphatic heterocycles. The molecule has 28 heavy (non-hydrogen) atoms. The molecule has 0 aliphatic carbocycles. The predicted molar refractivity (Wildman–Crippen MR) is 112 cm³/mol. The zero-order valence-electron chi connectivity index (χ0n) is 16.4. The number of fused-ring (bicyclic) bond motifs is 1. The SMILES string of the molecule is C/C=C\C=C(/C)c1c(-c2ccco2)oc2ncnc(NCCCCCCO)c12. The monoisotopic (exact) mass is 381 g/mol. The summed E-state index contributed by atoms with van der Waals surface area (Å²) in [7, 11) is 0. The van der Waals surface area contributed by atoms with Gasteiger partial charge in [0.15, 0.2) is 11.5 Å². The number of unbranched alkanes of at least 4 members (excludes halogenated alkanes) is 3. The number of anilines is 1. The highest BCUT2D eigenvalue weighted by Crippen LogP contribution is 2.40. The van der Waals surface area contributed by atoms with Crippen LogP contribution < -0.4 is 5.32 Å². The number of aromatic nitrogens is 2. The Morgan fingerprint density at radius 2 is 2.07 bits per heavy atom. The van der Waals surface area contributed by atoms with Crippen molar-refractivity contribution in [2.75, 3.05) is 18.5 Å². The summed E-state index contributed by atoms with van der Waals surface area (Å²) < 4.78 is 11.7. The Bertz CT molecular complexity index is 940. The number of nitrogens with one attached hydrogen (secondary N) is 1. The van der Waals surface area contributed by atoms with Crippen LogP contribution in [0.25, 0.3) is 28.2 Å². The minimum Gasteiger partial charge on any atom is -0.461 e. The molecule has 3 aromatic rings. The van der Waals surface area contributed by atoms with Crippen LogP contribution in [0.15, 0.2) is 51.8 Å². The summed E-state index contributed by atoms with van der Waals surface area (Å²) in [5.74, 6) is 2.08. The Morgan fingerprint density at radius 3 is 2.82 bits per heavy atom. The Morgan fingerprint density at radius 1 is 1.21 bits per heavy atom. The van der Waals surface area contributed by atoms with Crippen LogP contribution in [0.3, 0.4) is 0 Å². The van der Waals surface area contributed by atoms with Crippen molar-refractivity contribution >= 4 is 22.5 Å². The van der Waals surface area contributed by atoms with E-state index in [1.807, 2.05) is 44.2 Å². The van der Waals surface area contributed by atoms with Gasteiger partial charge < -0.3 is 19.3 Å². The van der Waals surface area contributed by atoms with Crippen molar-refractivity contribution in [2.24, 2.45) is 0 Å². The van der Waals surface area contributed by atoms with E-state index in [-0.39, 0.29) is 6.61 Å². The van der Waals surface area contributed by atoms with Gasteiger partial charge >= 0.3 is 0 Å². The van der Waals surface area contributed by atoms with Gasteiger partial charge in [-0.25, -0.2) is 9.97 Å². The molecule has 0 spiro atoms. The first-order chi connectivity index (χ1) is 13.8. The van der Waals surface area contributed by atoms with Gasteiger partial charge in [0.2, 0.25) is 5.71 Å². The van der Waals surface area contributed by atoms with E-state index in [9.17, 15) is 0 Å². The maximum absolute atomic E-state index is 8.88. The fourth-order valence-electron chi connectivity index (χ4n) is 3.15. The van der Waals surface area contributed by atoms with E-state index in [1.54, 1.807) is 6.26 Å². The molecule has 0 aliphatic rings. The van der Waals surface area contributed by atoms with Gasteiger partial charge in [0.25, 0.3) is 0 Å². The van der Waals surface area contributed by atoms with Crippen LogP contribution in [-0.4, -0.2) is 28.2 Å². The highest BCUT2D eigenvalue weighted by Gasteiger charge is 2.23. The van der Waals surface area contributed by atoms with Crippen molar-refractivity contribution in [1.29, 1.82) is 0 Å². The molecule has 0 saturated carbocycles. The van der Waals surface area contributed by atoms with Crippen LogP contribution in [0, 0.1) is 0 Å². The van der Waals surface area contributed by atoms with Gasteiger partial charge in [-0.05, 0) is 44.4 Å². The van der Waals surface area contributed by atoms with Crippen LogP contribution >= 0.6 is 0 Å². The second kappa shape index (κ2) is 9.90. The van der Waals surface area contributed by atoms with Gasteiger partial charge in [0.1, 0.15) is 12.1 Å². The lowest BCUT2D eigenvalue weighted by atomic mass is 10.0. The molecule has 6 nitrogen and oxygen atoms in total. The van der Waals surface area contributed by atoms with Crippen LogP contribution in [0.5, 0.6) is 0 Å². The fourth-order valence-corrected chi connectivity index (χ4v) is 3.15. The molecule has 0 unspecified atom stereocenters. The third-order valence-electron chi connectivity index (χ3n) is 4.54. The molecular weight excluding hydrogens is 354 g/mol. The van der Waals surface area contributed by atoms with Crippen molar-refractivity contribution in [2.45, 2.75) is 39.5 Å². The van der Waals surface area contributed by atoms with Crippen molar-refractivity contribution in [3.8, 4) is 11.5 Å². The molecule has 148 valence electrons. The molecule has 0 aromatic carbocycles. The summed E-state index contributed by atoms with van der Waals surface area (Å²) in [6.45, 7) is 5.08. The first-order valence-corrected chi connectivity index (χ1v) is 9.72. The molecule has 3 aromatic heterocycles. The molecule has 0 saturated heterocycles. The minimum atomic E-state index is 0.256. The molecule has 2 N–H and O–H groups in total. The normalized spacial score (nSPS) is 12.3. The van der Waals surface area contributed by atoms with E-state index < -0.39 is 0 Å². The third-order valence-corrected chi connectivity index (χ3v) is 4.54. The summed E-state index contributed by atoms with van der Waals surface area (Å²) in [5, 5.41) is 13.2. The number of aliphatic hydroxyl groups is 1. The third kappa shape index (κ3) is 4.51. The molecule has 0 amide bonds. The average molecular weight is 381 g/mol. The summed E-state index contributed by atoms with van der Waals surface area (Å²) in [5.41, 5.74) is 2.52. The number of rotatable bonds is 10. The molecule has 0 atom stereocenters. The Hall–Kier alpha value is -2.86. The number of allylic oxidation sites excluding steroid dienone is 4. The minimum absolute atomic E-state index is 0.256. The van der Waals surface area contributed by atoms with Gasteiger partial charge in [-0.3, -0.25) is 0 Å². The van der Waals surface area contributed by atoms with E-state index >= 15 is 0 Å². The van der Waals surface area contributed by atoms with Crippen molar-refractivity contribution in [1.82, 2.24) is 9.97 Å². The number of hydrogen-bond acceptors (Lipinski definition) is 6. The molecule has 0 radical (unpaired) electrons. The standard InChI is InChI=1S/C22H27N3O3/c1-3-4-10-16(2)18-19-21(23-12-7-5-6-8-13-26)24-15-25-22(19)28-20(18)17-11-9-14-27-17/h3-4,9-11,14-15,26H,5-8,12-13H2,1-2H3,(H,23,24,25)/b4-3-,16-10+. The van der Waals surface area contributed by atoms with E-state index in [2.05, 4.69) is 15.3 Å². The fraction of sp³-hybridized carbons (Fsp3) is 0.364. The predicted octanol–water partition coefficient (Wildman–Crippen LogP) is 5.43. The first kappa shape index (κ1) is 19.9. The smallest absolute Gasteiger partial charge is 0.232 e. The molecule has 0 fully saturated rings. The molecule has 3 rings (SSSR count). The summed E-state index contributed by atoms with van der Waals surface area (Å²) in [6, 6.07) is 3.72. The van der Waals surface area contributed by atoms with E-state index in [1.165, 1.54) is 6.33 Å². The zero-order chi connectivity index (χ0) is 19.8. The Kier molecular flexibility index (Phi) is 7.03. The number of furan rings is 2. The topological polar surface area (TPSA) is 84.3 Å². The van der Waals surface area contributed by atoms with Gasteiger partial charge in [-0.15, -0.1) is 0 Å². The lowest BCUT2D eigenvalue weighted by Gasteiger charge is -2.08. The van der Waals surface area contributed by atoms with Gasteiger partial charge in [-0.2, -0.15) is 0 Å². The van der Waals surface area contributed by atoms with Crippen LogP contribution in [0.2, 0.25) is 0 Å². The van der Waals surface area contributed by atoms with Crippen LogP contribution in [0.4, 0.5) is 5.82 Å². The highest BCUT2D eigenvalue weighted by molar-refractivity contribution is 6.01. The van der Waals surface area contributed by atoms with E-state index in [4.69, 9.17) is 13.9 Å². The highest BCUT2D eigenvalue weighted by atomic mass is 16.4. The maximum atomic E-state index is 8.88. The average Bonchev–Trinajstić information content (AvgIpc) is 3.36. The number of hydrogen-bond donors (Lipinski definition) is 2. The van der Waals surface area contributed by atoms with Gasteiger partial charge in [0, 0.05) is 18.7 Å². The zero-order valence-corrected chi connectivity index (χ0v) is 16.4. The van der Waals surface area contributed by atoms with Gasteiger partial charge in [-0.1, -0.05) is 31.1 Å². The summed E-state index contributed by atoms with van der Waals surface area (Å²) in [6.07, 6.45) is 13.1. The van der Waals surface area contributed by atoms with Crippen molar-refractivity contribution < 1.29 is 13.9 Å². The summed E-state index contributed by atoms with van der Waals surface area (Å²) >= 11 is 0. The largest absolute Gasteiger partial charge is 0.461 e. The van der Waals surface area contributed by atoms with E-state index in [0.717, 1.165) is 54.6 Å². The second-order valence-electron chi connectivity index (χ2n) is 6.63. The summed E-state index contributed by atoms with van der Waals surface area (Å²) in [4.78, 5) is 8.79. The quantitative estimate of drug-likeness (QED) is 0.360. The van der Waals surface area contributed by atoms with Crippen LogP contribution in [0.1, 0.15) is 45.1 Å². The maximum Gasteiger partial charge on any atom is 0.232 e. The molecular formula is C22H27N3O3. The Balaban J connectivity index is 1.97. The Labute approximate surface area is 165 Å². The van der Waals surface area contributed by atoms with E-state index in [0.29, 0.717) is 17.2 Å². The lowest BCUT2D eigenvalue weighted by Crippen LogP contribution is -2.04. The van der Waals surface area contributed by atoms with Crippen molar-refractivity contribution in [3.05, 3.63) is 48.5 Å². The van der Waals surface area contributed by atoms with Gasteiger partial charge in [0.05, 0.1) is 11.6 Å². The lowest BCUT2D eigenvalue weighted by molar-refractivity contribution is 0.283. The molecule has 0 bridgehead atoms. The number of aliphatic hydroxyl groups excluding tert-OH is 1. The molecule has 3 heterocycles.